The number of rotatable bonds is 11. The molecule has 7 heteroatoms. The maximum absolute atomic E-state index is 13.7. The number of carbonyl (C=O) groups is 4. The van der Waals surface area contributed by atoms with Gasteiger partial charge in [-0.3, -0.25) is 9.59 Å². The quantitative estimate of drug-likeness (QED) is 0.195. The molecule has 1 N–H and O–H groups in total. The van der Waals surface area contributed by atoms with Crippen molar-refractivity contribution < 1.29 is 34.1 Å². The van der Waals surface area contributed by atoms with Gasteiger partial charge < -0.3 is 5.11 Å². The van der Waals surface area contributed by atoms with E-state index in [1.54, 1.807) is 42.5 Å². The van der Waals surface area contributed by atoms with Crippen LogP contribution in [0.15, 0.2) is 60.2 Å². The molecule has 200 valence electrons. The van der Waals surface area contributed by atoms with Crippen molar-refractivity contribution in [2.75, 3.05) is 6.61 Å². The molecule has 1 aliphatic rings. The number of unbranched alkanes of at least 4 members (excludes halogenated alkanes) is 1. The van der Waals surface area contributed by atoms with Gasteiger partial charge in [0, 0.05) is 40.0 Å². The van der Waals surface area contributed by atoms with E-state index in [1.165, 1.54) is 6.92 Å². The van der Waals surface area contributed by atoms with Crippen LogP contribution in [-0.4, -0.2) is 35.2 Å². The summed E-state index contributed by atoms with van der Waals surface area (Å²) in [5, 5.41) is 9.93. The molecular weight excluding hydrogens is 484 g/mol. The second kappa shape index (κ2) is 13.1. The van der Waals surface area contributed by atoms with Crippen LogP contribution in [0.2, 0.25) is 0 Å². The zero-order chi connectivity index (χ0) is 27.8. The van der Waals surface area contributed by atoms with E-state index in [2.05, 4.69) is 20.4 Å². The summed E-state index contributed by atoms with van der Waals surface area (Å²) in [6, 6.07) is 11.3. The van der Waals surface area contributed by atoms with E-state index in [9.17, 15) is 24.3 Å². The second-order valence-corrected chi connectivity index (χ2v) is 9.53. The van der Waals surface area contributed by atoms with Crippen molar-refractivity contribution in [1.82, 2.24) is 0 Å². The van der Waals surface area contributed by atoms with Gasteiger partial charge in [-0.2, -0.15) is 0 Å². The van der Waals surface area contributed by atoms with Crippen LogP contribution in [0.25, 0.3) is 5.57 Å². The predicted octanol–water partition coefficient (Wildman–Crippen LogP) is 5.78. The summed E-state index contributed by atoms with van der Waals surface area (Å²) in [6.45, 7) is 8.82. The molecule has 1 aliphatic carbocycles. The molecule has 0 fully saturated rings. The van der Waals surface area contributed by atoms with Crippen molar-refractivity contribution >= 4 is 29.1 Å². The normalized spacial score (nSPS) is 13.7. The summed E-state index contributed by atoms with van der Waals surface area (Å²) in [5.74, 6) is -2.39. The number of ketones is 2. The number of carbonyl (C=O) groups excluding carboxylic acids is 4. The SMILES string of the molecule is C=C(C)C(=O)OOC(=O)/C(=C(/CCO)CC(CC)CCCC)c1cccc2c1C(=O)c1ccccc1C2=O. The summed E-state index contributed by atoms with van der Waals surface area (Å²) in [5.41, 5.74) is 1.65. The van der Waals surface area contributed by atoms with Gasteiger partial charge in [0.15, 0.2) is 11.6 Å². The predicted molar refractivity (Wildman–Crippen MR) is 143 cm³/mol. The average Bonchev–Trinajstić information content (AvgIpc) is 2.92. The largest absolute Gasteiger partial charge is 0.396 e. The molecule has 2 aromatic carbocycles. The average molecular weight is 519 g/mol. The highest BCUT2D eigenvalue weighted by molar-refractivity contribution is 6.31. The third kappa shape index (κ3) is 6.17. The zero-order valence-corrected chi connectivity index (χ0v) is 22.2. The Morgan fingerprint density at radius 3 is 2.16 bits per heavy atom. The molecule has 0 spiro atoms. The molecular formula is C31H34O7. The fraction of sp³-hybridized carbons (Fsp3) is 0.355. The highest BCUT2D eigenvalue weighted by Crippen LogP contribution is 2.37. The lowest BCUT2D eigenvalue weighted by Gasteiger charge is -2.23. The van der Waals surface area contributed by atoms with Gasteiger partial charge in [0.25, 0.3) is 0 Å². The minimum atomic E-state index is -0.985. The number of fused-ring (bicyclic) bond motifs is 2. The Labute approximate surface area is 223 Å². The van der Waals surface area contributed by atoms with Gasteiger partial charge in [-0.15, -0.1) is 0 Å². The highest BCUT2D eigenvalue weighted by Gasteiger charge is 2.35. The van der Waals surface area contributed by atoms with Gasteiger partial charge in [-0.1, -0.05) is 94.1 Å². The molecule has 0 aliphatic heterocycles. The van der Waals surface area contributed by atoms with Gasteiger partial charge in [0.2, 0.25) is 0 Å². The maximum atomic E-state index is 13.7. The fourth-order valence-corrected chi connectivity index (χ4v) is 4.74. The Morgan fingerprint density at radius 2 is 1.55 bits per heavy atom. The van der Waals surface area contributed by atoms with Crippen LogP contribution in [0.3, 0.4) is 0 Å². The van der Waals surface area contributed by atoms with Gasteiger partial charge in [0.1, 0.15) is 0 Å². The third-order valence-corrected chi connectivity index (χ3v) is 6.81. The van der Waals surface area contributed by atoms with Crippen molar-refractivity contribution in [3.05, 3.63) is 88.0 Å². The molecule has 7 nitrogen and oxygen atoms in total. The number of hydrogen-bond acceptors (Lipinski definition) is 7. The second-order valence-electron chi connectivity index (χ2n) is 9.53. The van der Waals surface area contributed by atoms with Crippen molar-refractivity contribution in [3.63, 3.8) is 0 Å². The van der Waals surface area contributed by atoms with E-state index in [0.29, 0.717) is 17.6 Å². The molecule has 0 saturated carbocycles. The van der Waals surface area contributed by atoms with Crippen molar-refractivity contribution in [2.45, 2.75) is 59.3 Å². The van der Waals surface area contributed by atoms with Crippen LogP contribution >= 0.6 is 0 Å². The lowest BCUT2D eigenvalue weighted by molar-refractivity contribution is -0.250. The first-order valence-electron chi connectivity index (χ1n) is 13.0. The Hall–Kier alpha value is -3.84. The van der Waals surface area contributed by atoms with Crippen LogP contribution in [-0.2, 0) is 19.4 Å². The van der Waals surface area contributed by atoms with E-state index in [4.69, 9.17) is 9.78 Å². The highest BCUT2D eigenvalue weighted by atomic mass is 17.2. The van der Waals surface area contributed by atoms with Crippen LogP contribution in [0.5, 0.6) is 0 Å². The first-order chi connectivity index (χ1) is 18.2. The van der Waals surface area contributed by atoms with Crippen LogP contribution in [0.4, 0.5) is 0 Å². The molecule has 3 rings (SSSR count). The van der Waals surface area contributed by atoms with Crippen LogP contribution in [0, 0.1) is 5.92 Å². The first-order valence-corrected chi connectivity index (χ1v) is 13.0. The van der Waals surface area contributed by atoms with E-state index in [1.807, 2.05) is 0 Å². The third-order valence-electron chi connectivity index (χ3n) is 6.81. The molecule has 0 heterocycles. The molecule has 38 heavy (non-hydrogen) atoms. The van der Waals surface area contributed by atoms with E-state index in [0.717, 1.165) is 25.7 Å². The fourth-order valence-electron chi connectivity index (χ4n) is 4.74. The summed E-state index contributed by atoms with van der Waals surface area (Å²) in [7, 11) is 0. The van der Waals surface area contributed by atoms with Crippen molar-refractivity contribution in [2.24, 2.45) is 5.92 Å². The number of benzene rings is 2. The number of aliphatic hydroxyl groups excluding tert-OH is 1. The Balaban J connectivity index is 2.21. The molecule has 0 bridgehead atoms. The zero-order valence-electron chi connectivity index (χ0n) is 22.2. The topological polar surface area (TPSA) is 107 Å². The van der Waals surface area contributed by atoms with Gasteiger partial charge in [0.05, 0.1) is 5.57 Å². The standard InChI is InChI=1S/C31H34O7/c1-5-7-11-20(6-2)18-21(16-17-32)26(31(36)38-37-30(35)19(3)4)24-14-10-15-25-27(24)29(34)23-13-9-8-12-22(23)28(25)33/h8-10,12-15,20,32H,3,5-7,11,16-18H2,1-2,4H3/b26-21-. The summed E-state index contributed by atoms with van der Waals surface area (Å²) < 4.78 is 0. The number of hydrogen-bond donors (Lipinski definition) is 1. The molecule has 1 unspecified atom stereocenters. The van der Waals surface area contributed by atoms with Crippen LogP contribution < -0.4 is 0 Å². The molecule has 0 radical (unpaired) electrons. The van der Waals surface area contributed by atoms with Crippen molar-refractivity contribution in [3.8, 4) is 0 Å². The van der Waals surface area contributed by atoms with Crippen LogP contribution in [0.1, 0.15) is 96.7 Å². The molecule has 2 aromatic rings. The van der Waals surface area contributed by atoms with Gasteiger partial charge >= 0.3 is 11.9 Å². The monoisotopic (exact) mass is 518 g/mol. The molecule has 0 amide bonds. The van der Waals surface area contributed by atoms with E-state index < -0.39 is 17.7 Å². The minimum Gasteiger partial charge on any atom is -0.396 e. The summed E-state index contributed by atoms with van der Waals surface area (Å²) in [6.07, 6.45) is 4.41. The Bertz CT molecular complexity index is 1280. The lowest BCUT2D eigenvalue weighted by atomic mass is 9.78. The molecule has 1 atom stereocenters. The maximum Gasteiger partial charge on any atom is 0.386 e. The lowest BCUT2D eigenvalue weighted by Crippen LogP contribution is -2.24. The summed E-state index contributed by atoms with van der Waals surface area (Å²) in [4.78, 5) is 62.1. The molecule has 0 aromatic heterocycles. The Kier molecular flexibility index (Phi) is 9.91. The van der Waals surface area contributed by atoms with E-state index >= 15 is 0 Å². The van der Waals surface area contributed by atoms with Gasteiger partial charge in [-0.05, 0) is 25.7 Å². The minimum absolute atomic E-state index is 0.0147. The number of aliphatic hydroxyl groups is 1. The Morgan fingerprint density at radius 1 is 0.921 bits per heavy atom. The first kappa shape index (κ1) is 28.7. The van der Waals surface area contributed by atoms with Gasteiger partial charge in [-0.25, -0.2) is 19.4 Å². The summed E-state index contributed by atoms with van der Waals surface area (Å²) >= 11 is 0. The molecule has 0 saturated heterocycles. The smallest absolute Gasteiger partial charge is 0.386 e. The van der Waals surface area contributed by atoms with E-state index in [-0.39, 0.29) is 58.1 Å². The van der Waals surface area contributed by atoms with Crippen molar-refractivity contribution in [1.29, 1.82) is 0 Å².